The van der Waals surface area contributed by atoms with E-state index in [1.54, 1.807) is 12.1 Å². The van der Waals surface area contributed by atoms with Crippen molar-refractivity contribution < 1.29 is 39.2 Å². The van der Waals surface area contributed by atoms with Crippen molar-refractivity contribution in [3.63, 3.8) is 0 Å². The van der Waals surface area contributed by atoms with Gasteiger partial charge in [-0.25, -0.2) is 0 Å². The number of nitrogens with zero attached hydrogens (tertiary/aromatic N) is 1. The van der Waals surface area contributed by atoms with E-state index in [2.05, 4.69) is 5.32 Å². The Morgan fingerprint density at radius 2 is 1.97 bits per heavy atom. The van der Waals surface area contributed by atoms with Gasteiger partial charge in [-0.05, 0) is 25.0 Å². The minimum Gasteiger partial charge on any atom is -0.670 e. The highest BCUT2D eigenvalue weighted by Crippen LogP contribution is 2.41. The van der Waals surface area contributed by atoms with Gasteiger partial charge in [-0.1, -0.05) is 12.4 Å². The number of nitrogens with two attached hydrogens (primary N) is 2. The minimum absolute atomic E-state index is 0.00234. The molecular formula is C17H26BN4O8-. The average Bonchev–Trinajstić information content (AvgIpc) is 2.61. The van der Waals surface area contributed by atoms with Gasteiger partial charge in [0.1, 0.15) is 24.1 Å². The first kappa shape index (κ1) is 22.3. The molecule has 0 radical (unpaired) electrons. The van der Waals surface area contributed by atoms with Crippen LogP contribution in [-0.4, -0.2) is 75.1 Å². The molecule has 2 heterocycles. The van der Waals surface area contributed by atoms with Crippen LogP contribution in [0.1, 0.15) is 24.3 Å². The van der Waals surface area contributed by atoms with Gasteiger partial charge in [0.2, 0.25) is 5.91 Å². The maximum Gasteiger partial charge on any atom is 0.430 e. The first-order chi connectivity index (χ1) is 14.0. The van der Waals surface area contributed by atoms with E-state index in [1.165, 1.54) is 11.8 Å². The van der Waals surface area contributed by atoms with E-state index >= 15 is 0 Å². The van der Waals surface area contributed by atoms with Gasteiger partial charge in [-0.3, -0.25) is 9.59 Å². The number of ether oxygens (including phenoxy) is 1. The highest BCUT2D eigenvalue weighted by atomic mass is 16.6. The molecule has 0 aliphatic carbocycles. The first-order valence-corrected chi connectivity index (χ1v) is 9.56. The number of hydrogen-bond donors (Lipinski definition) is 7. The molecule has 166 valence electrons. The van der Waals surface area contributed by atoms with Crippen LogP contribution >= 0.6 is 0 Å². The number of rotatable bonds is 6. The molecule has 1 aromatic carbocycles. The van der Waals surface area contributed by atoms with E-state index in [0.29, 0.717) is 12.0 Å². The summed E-state index contributed by atoms with van der Waals surface area (Å²) in [5.74, 6) is -0.913. The Hall–Kier alpha value is -2.42. The van der Waals surface area contributed by atoms with Gasteiger partial charge in [0, 0.05) is 0 Å². The molecule has 13 heteroatoms. The van der Waals surface area contributed by atoms with E-state index in [4.69, 9.17) is 20.9 Å². The lowest BCUT2D eigenvalue weighted by molar-refractivity contribution is -0.144. The summed E-state index contributed by atoms with van der Waals surface area (Å²) in [6, 6.07) is 2.38. The number of likely N-dealkylation sites (tertiary alicyclic amines) is 1. The molecule has 2 aliphatic heterocycles. The molecule has 0 bridgehead atoms. The summed E-state index contributed by atoms with van der Waals surface area (Å²) in [6.45, 7) is -1.16. The highest BCUT2D eigenvalue weighted by molar-refractivity contribution is 6.58. The molecule has 0 unspecified atom stereocenters. The van der Waals surface area contributed by atoms with Gasteiger partial charge >= 0.3 is 6.75 Å². The Labute approximate surface area is 172 Å². The van der Waals surface area contributed by atoms with Crippen molar-refractivity contribution in [2.45, 2.75) is 44.3 Å². The smallest absolute Gasteiger partial charge is 0.430 e. The number of benzene rings is 1. The predicted octanol–water partition coefficient (Wildman–Crippen LogP) is -3.13. The number of aliphatic hydroxyl groups is 2. The monoisotopic (exact) mass is 425 g/mol. The summed E-state index contributed by atoms with van der Waals surface area (Å²) >= 11 is 0. The topological polar surface area (TPSA) is 201 Å². The summed E-state index contributed by atoms with van der Waals surface area (Å²) in [5.41, 5.74) is 11.0. The molecular weight excluding hydrogens is 399 g/mol. The average molecular weight is 425 g/mol. The molecule has 0 spiro atoms. The van der Waals surface area contributed by atoms with Crippen molar-refractivity contribution in [3.05, 3.63) is 23.3 Å². The molecule has 0 aromatic heterocycles. The lowest BCUT2D eigenvalue weighted by Gasteiger charge is -2.41. The van der Waals surface area contributed by atoms with Crippen molar-refractivity contribution in [3.8, 4) is 11.5 Å². The number of nitrogens with one attached hydrogen (secondary N) is 1. The van der Waals surface area contributed by atoms with E-state index in [-0.39, 0.29) is 42.4 Å². The van der Waals surface area contributed by atoms with Crippen LogP contribution in [0, 0.1) is 0 Å². The van der Waals surface area contributed by atoms with E-state index in [0.717, 1.165) is 0 Å². The number of amides is 2. The fourth-order valence-corrected chi connectivity index (χ4v) is 3.42. The maximum absolute atomic E-state index is 12.3. The number of carbonyl (C=O) groups is 2. The number of hydrogen-bond acceptors (Lipinski definition) is 10. The molecule has 30 heavy (non-hydrogen) atoms. The van der Waals surface area contributed by atoms with Gasteiger partial charge in [0.05, 0.1) is 24.4 Å². The number of fused-ring (bicyclic) bond motifs is 1. The SMILES string of the molecule is C[C@H](NC(=O)C(N)N)C(=O)N1CC(Oc2ccc3c(c2C(O)O)O[B-](O)(O)CC3)C1. The normalized spacial score (nSPS) is 19.0. The van der Waals surface area contributed by atoms with Crippen LogP contribution in [-0.2, 0) is 16.0 Å². The molecule has 1 atom stereocenters. The first-order valence-electron chi connectivity index (χ1n) is 9.56. The van der Waals surface area contributed by atoms with Crippen molar-refractivity contribution in [1.82, 2.24) is 10.2 Å². The summed E-state index contributed by atoms with van der Waals surface area (Å²) in [7, 11) is 0. The predicted molar refractivity (Wildman–Crippen MR) is 104 cm³/mol. The lowest BCUT2D eigenvalue weighted by atomic mass is 9.70. The number of aliphatic hydroxyl groups excluding tert-OH is 1. The van der Waals surface area contributed by atoms with E-state index < -0.39 is 37.3 Å². The van der Waals surface area contributed by atoms with Crippen molar-refractivity contribution in [2.24, 2.45) is 11.5 Å². The largest absolute Gasteiger partial charge is 0.670 e. The second-order valence-electron chi connectivity index (χ2n) is 7.59. The standard InChI is InChI=1S/C17H26BN4O8/c1-8(21-15(23)14(19)20)16(24)22-6-10(7-22)29-11-3-2-9-4-5-18(27,28)30-13(9)12(11)17(25)26/h2-3,8,10,14,17,25-28H,4-7,19-20H2,1H3,(H,21,23)/q-1/t8-/m0/s1. The summed E-state index contributed by atoms with van der Waals surface area (Å²) < 4.78 is 11.0. The van der Waals surface area contributed by atoms with Crippen LogP contribution in [0.15, 0.2) is 12.1 Å². The van der Waals surface area contributed by atoms with Gasteiger partial charge in [0.25, 0.3) is 5.91 Å². The molecule has 12 nitrogen and oxygen atoms in total. The zero-order chi connectivity index (χ0) is 22.2. The van der Waals surface area contributed by atoms with Gasteiger partial charge in [-0.2, -0.15) is 0 Å². The van der Waals surface area contributed by atoms with Crippen LogP contribution in [0.3, 0.4) is 0 Å². The maximum atomic E-state index is 12.3. The fraction of sp³-hybridized carbons (Fsp3) is 0.529. The zero-order valence-corrected chi connectivity index (χ0v) is 16.4. The molecule has 9 N–H and O–H groups in total. The molecule has 1 aromatic rings. The zero-order valence-electron chi connectivity index (χ0n) is 16.4. The van der Waals surface area contributed by atoms with E-state index in [1.807, 2.05) is 0 Å². The second kappa shape index (κ2) is 8.37. The molecule has 2 aliphatic rings. The van der Waals surface area contributed by atoms with Crippen LogP contribution in [0.25, 0.3) is 0 Å². The third-order valence-corrected chi connectivity index (χ3v) is 5.08. The van der Waals surface area contributed by atoms with Crippen LogP contribution < -0.4 is 26.2 Å². The summed E-state index contributed by atoms with van der Waals surface area (Å²) in [5, 5.41) is 41.6. The quantitative estimate of drug-likeness (QED) is 0.180. The van der Waals surface area contributed by atoms with E-state index in [9.17, 15) is 29.9 Å². The van der Waals surface area contributed by atoms with Crippen LogP contribution in [0.4, 0.5) is 0 Å². The number of aryl methyl sites for hydroxylation is 1. The minimum atomic E-state index is -3.09. The van der Waals surface area contributed by atoms with Crippen molar-refractivity contribution in [2.75, 3.05) is 13.1 Å². The molecule has 0 saturated carbocycles. The van der Waals surface area contributed by atoms with Crippen LogP contribution in [0.2, 0.25) is 6.32 Å². The third-order valence-electron chi connectivity index (χ3n) is 5.08. The summed E-state index contributed by atoms with van der Waals surface area (Å²) in [6.07, 6.45) is -3.33. The molecule has 1 fully saturated rings. The lowest BCUT2D eigenvalue weighted by Crippen LogP contribution is -2.61. The Morgan fingerprint density at radius 1 is 1.30 bits per heavy atom. The van der Waals surface area contributed by atoms with Gasteiger partial charge < -0.3 is 51.3 Å². The molecule has 3 rings (SSSR count). The molecule has 1 saturated heterocycles. The Morgan fingerprint density at radius 3 is 2.57 bits per heavy atom. The fourth-order valence-electron chi connectivity index (χ4n) is 3.42. The van der Waals surface area contributed by atoms with Gasteiger partial charge in [-0.15, -0.1) is 0 Å². The second-order valence-corrected chi connectivity index (χ2v) is 7.59. The Bertz CT molecular complexity index is 828. The van der Waals surface area contributed by atoms with Crippen molar-refractivity contribution >= 4 is 18.6 Å². The summed E-state index contributed by atoms with van der Waals surface area (Å²) in [4.78, 5) is 25.3. The van der Waals surface area contributed by atoms with Crippen LogP contribution in [0.5, 0.6) is 11.5 Å². The van der Waals surface area contributed by atoms with Crippen molar-refractivity contribution in [1.29, 1.82) is 0 Å². The molecule has 2 amide bonds. The third kappa shape index (κ3) is 4.66. The Kier molecular flexibility index (Phi) is 6.22. The van der Waals surface area contributed by atoms with Gasteiger partial charge in [0.15, 0.2) is 6.29 Å². The highest BCUT2D eigenvalue weighted by Gasteiger charge is 2.37. The number of carbonyl (C=O) groups excluding carboxylic acids is 2. The Balaban J connectivity index is 1.65.